The first-order chi connectivity index (χ1) is 8.04. The Kier molecular flexibility index (Phi) is 3.51. The lowest BCUT2D eigenvalue weighted by atomic mass is 10.2. The van der Waals surface area contributed by atoms with E-state index in [0.29, 0.717) is 16.9 Å². The van der Waals surface area contributed by atoms with E-state index in [2.05, 4.69) is 4.98 Å². The number of hydrogen-bond donors (Lipinski definition) is 1. The van der Waals surface area contributed by atoms with Crippen molar-refractivity contribution in [1.82, 2.24) is 9.55 Å². The molecule has 1 atom stereocenters. The average Bonchev–Trinajstić information content (AvgIpc) is 2.55. The number of imidazole rings is 1. The second-order valence-electron chi connectivity index (χ2n) is 3.89. The van der Waals surface area contributed by atoms with Gasteiger partial charge in [0.25, 0.3) is 0 Å². The third-order valence-electron chi connectivity index (χ3n) is 2.61. The highest BCUT2D eigenvalue weighted by atomic mass is 35.5. The number of rotatable bonds is 3. The Hall–Kier alpha value is -0.910. The number of benzene rings is 1. The molecule has 1 heterocycles. The fraction of sp³-hybridized carbons (Fsp3) is 0.364. The predicted molar refractivity (Wildman–Crippen MR) is 68.7 cm³/mol. The molecule has 0 spiro atoms. The topological polar surface area (TPSA) is 29.9 Å². The van der Waals surface area contributed by atoms with Gasteiger partial charge in [-0.2, -0.15) is 0 Å². The normalized spacial score (nSPS) is 13.2. The van der Waals surface area contributed by atoms with Crippen LogP contribution in [0.4, 0.5) is 4.39 Å². The summed E-state index contributed by atoms with van der Waals surface area (Å²) in [7, 11) is 1.62. The van der Waals surface area contributed by atoms with E-state index < -0.39 is 5.82 Å². The molecule has 3 nitrogen and oxygen atoms in total. The number of nitrogens with one attached hydrogen (secondary N) is 1. The number of halogens is 2. The molecule has 0 fully saturated rings. The maximum Gasteiger partial charge on any atom is 0.178 e. The first kappa shape index (κ1) is 12.5. The number of H-pyrrole nitrogens is 1. The highest BCUT2D eigenvalue weighted by molar-refractivity contribution is 7.71. The molecule has 0 amide bonds. The number of methoxy groups -OCH3 is 1. The smallest absolute Gasteiger partial charge is 0.178 e. The van der Waals surface area contributed by atoms with E-state index in [1.165, 1.54) is 12.1 Å². The van der Waals surface area contributed by atoms with Gasteiger partial charge in [-0.25, -0.2) is 4.39 Å². The monoisotopic (exact) mass is 274 g/mol. The minimum Gasteiger partial charge on any atom is -0.383 e. The van der Waals surface area contributed by atoms with Crippen molar-refractivity contribution in [3.8, 4) is 0 Å². The Labute approximate surface area is 108 Å². The van der Waals surface area contributed by atoms with Crippen LogP contribution in [0.25, 0.3) is 11.0 Å². The van der Waals surface area contributed by atoms with Crippen molar-refractivity contribution in [2.75, 3.05) is 13.7 Å². The van der Waals surface area contributed by atoms with E-state index in [1.54, 1.807) is 7.11 Å². The van der Waals surface area contributed by atoms with Crippen LogP contribution < -0.4 is 0 Å². The second-order valence-corrected chi connectivity index (χ2v) is 4.68. The van der Waals surface area contributed by atoms with Crippen molar-refractivity contribution in [2.45, 2.75) is 13.0 Å². The van der Waals surface area contributed by atoms with Crippen LogP contribution >= 0.6 is 23.8 Å². The SMILES string of the molecule is COCC(C)n1c(=S)[nH]c2cc(Cl)c(F)cc21. The van der Waals surface area contributed by atoms with Gasteiger partial charge in [-0.15, -0.1) is 0 Å². The Balaban J connectivity index is 2.66. The van der Waals surface area contributed by atoms with Crippen LogP contribution in [-0.2, 0) is 4.74 Å². The highest BCUT2D eigenvalue weighted by Gasteiger charge is 2.13. The van der Waals surface area contributed by atoms with Gasteiger partial charge in [0, 0.05) is 13.2 Å². The molecule has 0 saturated heterocycles. The molecule has 92 valence electrons. The van der Waals surface area contributed by atoms with Crippen LogP contribution in [-0.4, -0.2) is 23.3 Å². The largest absolute Gasteiger partial charge is 0.383 e. The zero-order chi connectivity index (χ0) is 12.6. The van der Waals surface area contributed by atoms with Crippen molar-refractivity contribution in [3.63, 3.8) is 0 Å². The van der Waals surface area contributed by atoms with Crippen LogP contribution in [0.3, 0.4) is 0 Å². The molecular weight excluding hydrogens is 263 g/mol. The minimum atomic E-state index is -0.452. The Morgan fingerprint density at radius 1 is 1.59 bits per heavy atom. The zero-order valence-electron chi connectivity index (χ0n) is 9.46. The molecule has 0 aliphatic heterocycles. The zero-order valence-corrected chi connectivity index (χ0v) is 11.0. The van der Waals surface area contributed by atoms with Crippen LogP contribution in [0, 0.1) is 10.6 Å². The number of aromatic amines is 1. The second kappa shape index (κ2) is 4.76. The molecule has 6 heteroatoms. The summed E-state index contributed by atoms with van der Waals surface area (Å²) in [5.74, 6) is -0.452. The molecule has 2 rings (SSSR count). The Bertz CT molecular complexity index is 607. The van der Waals surface area contributed by atoms with Crippen molar-refractivity contribution >= 4 is 34.9 Å². The number of hydrogen-bond acceptors (Lipinski definition) is 2. The Morgan fingerprint density at radius 2 is 2.29 bits per heavy atom. The van der Waals surface area contributed by atoms with Gasteiger partial charge in [0.1, 0.15) is 5.82 Å². The maximum absolute atomic E-state index is 13.5. The molecule has 1 aromatic heterocycles. The van der Waals surface area contributed by atoms with Gasteiger partial charge in [-0.05, 0) is 25.2 Å². The van der Waals surface area contributed by atoms with Gasteiger partial charge < -0.3 is 14.3 Å². The molecule has 0 aliphatic carbocycles. The molecule has 0 saturated carbocycles. The molecule has 1 aromatic carbocycles. The van der Waals surface area contributed by atoms with Gasteiger partial charge in [-0.3, -0.25) is 0 Å². The van der Waals surface area contributed by atoms with E-state index in [0.717, 1.165) is 5.52 Å². The summed E-state index contributed by atoms with van der Waals surface area (Å²) in [4.78, 5) is 3.01. The molecule has 17 heavy (non-hydrogen) atoms. The summed E-state index contributed by atoms with van der Waals surface area (Å²) in [5, 5.41) is 0.0836. The summed E-state index contributed by atoms with van der Waals surface area (Å²) in [6, 6.07) is 2.95. The molecular formula is C11H12ClFN2OS. The number of ether oxygens (including phenoxy) is 1. The third-order valence-corrected chi connectivity index (χ3v) is 3.20. The maximum atomic E-state index is 13.5. The molecule has 0 bridgehead atoms. The Morgan fingerprint density at radius 3 is 2.94 bits per heavy atom. The highest BCUT2D eigenvalue weighted by Crippen LogP contribution is 2.25. The predicted octanol–water partition coefficient (Wildman–Crippen LogP) is 3.70. The van der Waals surface area contributed by atoms with E-state index in [1.807, 2.05) is 11.5 Å². The summed E-state index contributed by atoms with van der Waals surface area (Å²) < 4.78 is 20.9. The van der Waals surface area contributed by atoms with E-state index in [4.69, 9.17) is 28.6 Å². The number of aromatic nitrogens is 2. The number of fused-ring (bicyclic) bond motifs is 1. The van der Waals surface area contributed by atoms with Crippen LogP contribution in [0.15, 0.2) is 12.1 Å². The lowest BCUT2D eigenvalue weighted by molar-refractivity contribution is 0.163. The van der Waals surface area contributed by atoms with Crippen molar-refractivity contribution in [1.29, 1.82) is 0 Å². The quantitative estimate of drug-likeness (QED) is 0.865. The standard InChI is InChI=1S/C11H12ClFN2OS/c1-6(5-16-2)15-10-4-8(13)7(12)3-9(10)14-11(15)17/h3-4,6H,5H2,1-2H3,(H,14,17). The molecule has 0 aliphatic rings. The van der Waals surface area contributed by atoms with Gasteiger partial charge in [0.15, 0.2) is 4.77 Å². The van der Waals surface area contributed by atoms with Crippen molar-refractivity contribution in [3.05, 3.63) is 27.7 Å². The fourth-order valence-electron chi connectivity index (χ4n) is 1.87. The van der Waals surface area contributed by atoms with E-state index >= 15 is 0 Å². The summed E-state index contributed by atoms with van der Waals surface area (Å²) >= 11 is 10.9. The van der Waals surface area contributed by atoms with Crippen LogP contribution in [0.5, 0.6) is 0 Å². The van der Waals surface area contributed by atoms with Crippen molar-refractivity contribution in [2.24, 2.45) is 0 Å². The van der Waals surface area contributed by atoms with E-state index in [9.17, 15) is 4.39 Å². The van der Waals surface area contributed by atoms with Crippen LogP contribution in [0.1, 0.15) is 13.0 Å². The van der Waals surface area contributed by atoms with E-state index in [-0.39, 0.29) is 11.1 Å². The molecule has 2 aromatic rings. The van der Waals surface area contributed by atoms with Crippen molar-refractivity contribution < 1.29 is 9.13 Å². The lowest BCUT2D eigenvalue weighted by Gasteiger charge is -2.13. The summed E-state index contributed by atoms with van der Waals surface area (Å²) in [5.41, 5.74) is 1.42. The minimum absolute atomic E-state index is 0.0295. The van der Waals surface area contributed by atoms with Gasteiger partial charge in [0.2, 0.25) is 0 Å². The van der Waals surface area contributed by atoms with Gasteiger partial charge in [0.05, 0.1) is 28.7 Å². The molecule has 1 N–H and O–H groups in total. The molecule has 1 unspecified atom stereocenters. The molecule has 0 radical (unpaired) electrons. The lowest BCUT2D eigenvalue weighted by Crippen LogP contribution is -2.11. The first-order valence-corrected chi connectivity index (χ1v) is 5.91. The summed E-state index contributed by atoms with van der Waals surface area (Å²) in [6.45, 7) is 2.46. The van der Waals surface area contributed by atoms with Crippen LogP contribution in [0.2, 0.25) is 5.02 Å². The number of nitrogens with zero attached hydrogens (tertiary/aromatic N) is 1. The first-order valence-electron chi connectivity index (χ1n) is 5.12. The van der Waals surface area contributed by atoms with Gasteiger partial charge in [-0.1, -0.05) is 11.6 Å². The third kappa shape index (κ3) is 2.22. The fourth-order valence-corrected chi connectivity index (χ4v) is 2.43. The average molecular weight is 275 g/mol. The van der Waals surface area contributed by atoms with Gasteiger partial charge >= 0.3 is 0 Å². The summed E-state index contributed by atoms with van der Waals surface area (Å²) in [6.07, 6.45) is 0.